The third-order valence-electron chi connectivity index (χ3n) is 2.82. The molecule has 82 valence electrons. The van der Waals surface area contributed by atoms with Crippen molar-refractivity contribution in [1.82, 2.24) is 15.1 Å². The number of rotatable bonds is 2. The fourth-order valence-electron chi connectivity index (χ4n) is 1.76. The third-order valence-corrected chi connectivity index (χ3v) is 2.82. The molecule has 1 aliphatic heterocycles. The SMILES string of the molecule is Cc1n[nH]c(C)c1CC(=O)N1CC(O)C1. The molecule has 1 fully saturated rings. The van der Waals surface area contributed by atoms with Crippen molar-refractivity contribution in [3.05, 3.63) is 17.0 Å². The van der Waals surface area contributed by atoms with Crippen LogP contribution in [0.2, 0.25) is 0 Å². The number of aromatic nitrogens is 2. The van der Waals surface area contributed by atoms with E-state index < -0.39 is 0 Å². The van der Waals surface area contributed by atoms with E-state index in [4.69, 9.17) is 5.11 Å². The van der Waals surface area contributed by atoms with E-state index in [-0.39, 0.29) is 12.0 Å². The lowest BCUT2D eigenvalue weighted by molar-refractivity contribution is -0.140. The zero-order valence-corrected chi connectivity index (χ0v) is 8.95. The fraction of sp³-hybridized carbons (Fsp3) is 0.600. The molecule has 0 aliphatic carbocycles. The molecule has 1 aliphatic rings. The van der Waals surface area contributed by atoms with E-state index in [1.807, 2.05) is 13.8 Å². The number of aliphatic hydroxyl groups excluding tert-OH is 1. The van der Waals surface area contributed by atoms with Gasteiger partial charge in [0.25, 0.3) is 0 Å². The van der Waals surface area contributed by atoms with Crippen LogP contribution in [0.4, 0.5) is 0 Å². The minimum atomic E-state index is -0.333. The molecule has 1 aromatic rings. The van der Waals surface area contributed by atoms with Gasteiger partial charge in [-0.25, -0.2) is 0 Å². The van der Waals surface area contributed by atoms with Gasteiger partial charge in [0.2, 0.25) is 5.91 Å². The van der Waals surface area contributed by atoms with Gasteiger partial charge in [0.1, 0.15) is 0 Å². The highest BCUT2D eigenvalue weighted by atomic mass is 16.3. The first-order valence-electron chi connectivity index (χ1n) is 5.04. The van der Waals surface area contributed by atoms with E-state index in [1.54, 1.807) is 4.90 Å². The maximum Gasteiger partial charge on any atom is 0.227 e. The zero-order chi connectivity index (χ0) is 11.0. The Labute approximate surface area is 88.1 Å². The number of hydrogen-bond acceptors (Lipinski definition) is 3. The Bertz CT molecular complexity index is 361. The van der Waals surface area contributed by atoms with Crippen LogP contribution in [-0.2, 0) is 11.2 Å². The van der Waals surface area contributed by atoms with Gasteiger partial charge in [-0.2, -0.15) is 5.10 Å². The summed E-state index contributed by atoms with van der Waals surface area (Å²) in [6.07, 6.45) is 0.0430. The molecule has 5 nitrogen and oxygen atoms in total. The maximum atomic E-state index is 11.7. The first-order valence-corrected chi connectivity index (χ1v) is 5.04. The van der Waals surface area contributed by atoms with Crippen molar-refractivity contribution < 1.29 is 9.90 Å². The predicted molar refractivity (Wildman–Crippen MR) is 54.4 cm³/mol. The minimum absolute atomic E-state index is 0.0629. The molecule has 0 atom stereocenters. The van der Waals surface area contributed by atoms with Crippen LogP contribution in [0.25, 0.3) is 0 Å². The lowest BCUT2D eigenvalue weighted by Gasteiger charge is -2.35. The fourth-order valence-corrected chi connectivity index (χ4v) is 1.76. The van der Waals surface area contributed by atoms with Crippen LogP contribution < -0.4 is 0 Å². The predicted octanol–water partition coefficient (Wildman–Crippen LogP) is -0.228. The first-order chi connectivity index (χ1) is 7.08. The molecule has 5 heteroatoms. The summed E-state index contributed by atoms with van der Waals surface area (Å²) in [7, 11) is 0. The van der Waals surface area contributed by atoms with E-state index in [0.717, 1.165) is 17.0 Å². The standard InChI is InChI=1S/C10H15N3O2/c1-6-9(7(2)12-11-6)3-10(15)13-4-8(14)5-13/h8,14H,3-5H2,1-2H3,(H,11,12). The smallest absolute Gasteiger partial charge is 0.227 e. The van der Waals surface area contributed by atoms with E-state index in [9.17, 15) is 4.79 Å². The Morgan fingerprint density at radius 1 is 1.60 bits per heavy atom. The maximum absolute atomic E-state index is 11.7. The van der Waals surface area contributed by atoms with Crippen molar-refractivity contribution >= 4 is 5.91 Å². The number of aliphatic hydroxyl groups is 1. The number of amides is 1. The van der Waals surface area contributed by atoms with Crippen LogP contribution in [0.15, 0.2) is 0 Å². The molecule has 0 radical (unpaired) electrons. The average Bonchev–Trinajstić information content (AvgIpc) is 2.44. The van der Waals surface area contributed by atoms with Gasteiger partial charge in [0.15, 0.2) is 0 Å². The van der Waals surface area contributed by atoms with Crippen LogP contribution in [0.5, 0.6) is 0 Å². The summed E-state index contributed by atoms with van der Waals surface area (Å²) in [5, 5.41) is 16.0. The Morgan fingerprint density at radius 3 is 2.73 bits per heavy atom. The van der Waals surface area contributed by atoms with Crippen LogP contribution in [-0.4, -0.2) is 45.3 Å². The molecule has 0 aromatic carbocycles. The second kappa shape index (κ2) is 3.66. The number of H-pyrrole nitrogens is 1. The molecular weight excluding hydrogens is 194 g/mol. The van der Waals surface area contributed by atoms with Gasteiger partial charge in [-0.05, 0) is 13.8 Å². The number of β-amino-alcohol motifs (C(OH)–C–C–N with tert-alkyl or cyclic N) is 1. The Balaban J connectivity index is 2.00. The average molecular weight is 209 g/mol. The highest BCUT2D eigenvalue weighted by molar-refractivity contribution is 5.80. The molecule has 2 N–H and O–H groups in total. The van der Waals surface area contributed by atoms with Crippen molar-refractivity contribution in [3.8, 4) is 0 Å². The number of aryl methyl sites for hydroxylation is 2. The molecule has 0 spiro atoms. The normalized spacial score (nSPS) is 16.6. The molecular formula is C10H15N3O2. The Kier molecular flexibility index (Phi) is 2.48. The zero-order valence-electron chi connectivity index (χ0n) is 8.95. The van der Waals surface area contributed by atoms with Gasteiger partial charge in [0.05, 0.1) is 18.2 Å². The molecule has 2 heterocycles. The number of nitrogens with zero attached hydrogens (tertiary/aromatic N) is 2. The van der Waals surface area contributed by atoms with Crippen LogP contribution in [0, 0.1) is 13.8 Å². The van der Waals surface area contributed by atoms with E-state index in [2.05, 4.69) is 10.2 Å². The van der Waals surface area contributed by atoms with Crippen LogP contribution >= 0.6 is 0 Å². The lowest BCUT2D eigenvalue weighted by Crippen LogP contribution is -2.54. The van der Waals surface area contributed by atoms with Gasteiger partial charge in [0, 0.05) is 24.3 Å². The topological polar surface area (TPSA) is 69.2 Å². The number of likely N-dealkylation sites (tertiary alicyclic amines) is 1. The molecule has 1 amide bonds. The van der Waals surface area contributed by atoms with Gasteiger partial charge >= 0.3 is 0 Å². The molecule has 1 saturated heterocycles. The number of carbonyl (C=O) groups is 1. The second-order valence-corrected chi connectivity index (χ2v) is 4.04. The van der Waals surface area contributed by atoms with Gasteiger partial charge < -0.3 is 10.0 Å². The lowest BCUT2D eigenvalue weighted by atomic mass is 10.1. The van der Waals surface area contributed by atoms with Crippen molar-refractivity contribution in [2.75, 3.05) is 13.1 Å². The van der Waals surface area contributed by atoms with Crippen molar-refractivity contribution in [3.63, 3.8) is 0 Å². The molecule has 2 rings (SSSR count). The van der Waals surface area contributed by atoms with Crippen molar-refractivity contribution in [2.24, 2.45) is 0 Å². The number of hydrogen-bond donors (Lipinski definition) is 2. The van der Waals surface area contributed by atoms with Crippen LogP contribution in [0.3, 0.4) is 0 Å². The van der Waals surface area contributed by atoms with Crippen molar-refractivity contribution in [1.29, 1.82) is 0 Å². The van der Waals surface area contributed by atoms with Gasteiger partial charge in [-0.15, -0.1) is 0 Å². The summed E-state index contributed by atoms with van der Waals surface area (Å²) < 4.78 is 0. The number of carbonyl (C=O) groups excluding carboxylic acids is 1. The minimum Gasteiger partial charge on any atom is -0.389 e. The Morgan fingerprint density at radius 2 is 2.27 bits per heavy atom. The highest BCUT2D eigenvalue weighted by Crippen LogP contribution is 2.14. The van der Waals surface area contributed by atoms with Gasteiger partial charge in [-0.3, -0.25) is 9.89 Å². The third kappa shape index (κ3) is 1.87. The monoisotopic (exact) mass is 209 g/mol. The largest absolute Gasteiger partial charge is 0.389 e. The highest BCUT2D eigenvalue weighted by Gasteiger charge is 2.29. The van der Waals surface area contributed by atoms with Crippen molar-refractivity contribution in [2.45, 2.75) is 26.4 Å². The molecule has 0 saturated carbocycles. The molecule has 0 bridgehead atoms. The summed E-state index contributed by atoms with van der Waals surface area (Å²) in [4.78, 5) is 13.4. The molecule has 1 aromatic heterocycles. The quantitative estimate of drug-likeness (QED) is 0.707. The van der Waals surface area contributed by atoms with Crippen LogP contribution in [0.1, 0.15) is 17.0 Å². The summed E-state index contributed by atoms with van der Waals surface area (Å²) in [6.45, 7) is 4.73. The first kappa shape index (κ1) is 10.2. The number of aromatic amines is 1. The summed E-state index contributed by atoms with van der Waals surface area (Å²) in [5.41, 5.74) is 2.80. The summed E-state index contributed by atoms with van der Waals surface area (Å²) in [6, 6.07) is 0. The molecule has 0 unspecified atom stereocenters. The number of nitrogens with one attached hydrogen (secondary N) is 1. The van der Waals surface area contributed by atoms with Gasteiger partial charge in [-0.1, -0.05) is 0 Å². The van der Waals surface area contributed by atoms with E-state index in [1.165, 1.54) is 0 Å². The summed E-state index contributed by atoms with van der Waals surface area (Å²) in [5.74, 6) is 0.0629. The second-order valence-electron chi connectivity index (χ2n) is 4.04. The molecule has 15 heavy (non-hydrogen) atoms. The van der Waals surface area contributed by atoms with E-state index in [0.29, 0.717) is 19.5 Å². The summed E-state index contributed by atoms with van der Waals surface area (Å²) >= 11 is 0. The van der Waals surface area contributed by atoms with E-state index >= 15 is 0 Å². The Hall–Kier alpha value is -1.36.